The maximum absolute atomic E-state index is 14.3. The molecule has 1 heterocycles. The molecule has 2 aromatic carbocycles. The van der Waals surface area contributed by atoms with Crippen LogP contribution in [0.4, 0.5) is 10.1 Å². The molecule has 6 heteroatoms. The van der Waals surface area contributed by atoms with E-state index in [1.807, 2.05) is 0 Å². The van der Waals surface area contributed by atoms with Crippen LogP contribution in [-0.4, -0.2) is 10.9 Å². The minimum atomic E-state index is -0.659. The Morgan fingerprint density at radius 2 is 1.88 bits per heavy atom. The fourth-order valence-corrected chi connectivity index (χ4v) is 2.63. The van der Waals surface area contributed by atoms with E-state index in [1.54, 1.807) is 48.7 Å². The van der Waals surface area contributed by atoms with E-state index in [1.165, 1.54) is 12.1 Å². The van der Waals surface area contributed by atoms with Crippen molar-refractivity contribution in [3.05, 3.63) is 82.2 Å². The van der Waals surface area contributed by atoms with Crippen molar-refractivity contribution >= 4 is 34.8 Å². The molecular weight excluding hydrogens is 350 g/mol. The zero-order valence-electron chi connectivity index (χ0n) is 12.3. The molecule has 0 unspecified atom stereocenters. The molecule has 24 heavy (non-hydrogen) atoms. The standard InChI is InChI=1S/C18H11Cl2FN2O/c19-12-3-1-4-13(10-12)23-18(24)14-7-6-11(9-16(14)21)17-15(20)5-2-8-22-17/h1-10H,(H,23,24). The van der Waals surface area contributed by atoms with Crippen LogP contribution in [0.2, 0.25) is 10.0 Å². The van der Waals surface area contributed by atoms with Gasteiger partial charge in [0, 0.05) is 22.5 Å². The van der Waals surface area contributed by atoms with Crippen molar-refractivity contribution in [1.29, 1.82) is 0 Å². The van der Waals surface area contributed by atoms with Gasteiger partial charge in [-0.25, -0.2) is 4.39 Å². The van der Waals surface area contributed by atoms with Crippen molar-refractivity contribution in [2.45, 2.75) is 0 Å². The van der Waals surface area contributed by atoms with Gasteiger partial charge < -0.3 is 5.32 Å². The van der Waals surface area contributed by atoms with Crippen LogP contribution in [-0.2, 0) is 0 Å². The molecule has 120 valence electrons. The molecule has 0 atom stereocenters. The van der Waals surface area contributed by atoms with Gasteiger partial charge in [0.25, 0.3) is 5.91 Å². The number of hydrogen-bond acceptors (Lipinski definition) is 2. The van der Waals surface area contributed by atoms with Crippen LogP contribution in [0.15, 0.2) is 60.8 Å². The van der Waals surface area contributed by atoms with E-state index in [0.29, 0.717) is 27.0 Å². The summed E-state index contributed by atoms with van der Waals surface area (Å²) in [5.41, 5.74) is 1.37. The lowest BCUT2D eigenvalue weighted by Crippen LogP contribution is -2.13. The number of amides is 1. The summed E-state index contributed by atoms with van der Waals surface area (Å²) in [6.45, 7) is 0. The summed E-state index contributed by atoms with van der Waals surface area (Å²) in [5.74, 6) is -1.22. The van der Waals surface area contributed by atoms with Gasteiger partial charge in [-0.15, -0.1) is 0 Å². The number of nitrogens with zero attached hydrogens (tertiary/aromatic N) is 1. The Morgan fingerprint density at radius 3 is 2.58 bits per heavy atom. The highest BCUT2D eigenvalue weighted by Crippen LogP contribution is 2.27. The van der Waals surface area contributed by atoms with Crippen LogP contribution >= 0.6 is 23.2 Å². The summed E-state index contributed by atoms with van der Waals surface area (Å²) in [7, 11) is 0. The predicted molar refractivity (Wildman–Crippen MR) is 94.0 cm³/mol. The zero-order chi connectivity index (χ0) is 17.1. The smallest absolute Gasteiger partial charge is 0.258 e. The first-order valence-corrected chi connectivity index (χ1v) is 7.77. The van der Waals surface area contributed by atoms with Gasteiger partial charge >= 0.3 is 0 Å². The summed E-state index contributed by atoms with van der Waals surface area (Å²) < 4.78 is 14.3. The first kappa shape index (κ1) is 16.4. The highest BCUT2D eigenvalue weighted by Gasteiger charge is 2.14. The number of carbonyl (C=O) groups is 1. The zero-order valence-corrected chi connectivity index (χ0v) is 13.8. The Hall–Kier alpha value is -2.43. The summed E-state index contributed by atoms with van der Waals surface area (Å²) >= 11 is 11.9. The van der Waals surface area contributed by atoms with E-state index in [4.69, 9.17) is 23.2 Å². The van der Waals surface area contributed by atoms with Crippen LogP contribution in [0.3, 0.4) is 0 Å². The second-order valence-electron chi connectivity index (χ2n) is 4.99. The summed E-state index contributed by atoms with van der Waals surface area (Å²) in [4.78, 5) is 16.4. The molecule has 1 N–H and O–H groups in total. The number of pyridine rings is 1. The molecule has 0 spiro atoms. The van der Waals surface area contributed by atoms with Crippen LogP contribution in [0.25, 0.3) is 11.3 Å². The average molecular weight is 361 g/mol. The number of carbonyl (C=O) groups excluding carboxylic acids is 1. The molecule has 0 radical (unpaired) electrons. The van der Waals surface area contributed by atoms with E-state index in [9.17, 15) is 9.18 Å². The molecule has 0 saturated heterocycles. The number of benzene rings is 2. The Kier molecular flexibility index (Phi) is 4.79. The first-order valence-electron chi connectivity index (χ1n) is 7.02. The minimum Gasteiger partial charge on any atom is -0.322 e. The number of nitrogens with one attached hydrogen (secondary N) is 1. The third-order valence-corrected chi connectivity index (χ3v) is 3.87. The lowest BCUT2D eigenvalue weighted by atomic mass is 10.1. The fourth-order valence-electron chi connectivity index (χ4n) is 2.21. The second-order valence-corrected chi connectivity index (χ2v) is 5.84. The van der Waals surface area contributed by atoms with Gasteiger partial charge in [0.1, 0.15) is 5.82 Å². The largest absolute Gasteiger partial charge is 0.322 e. The van der Waals surface area contributed by atoms with Gasteiger partial charge in [0.15, 0.2) is 0 Å². The Morgan fingerprint density at radius 1 is 1.04 bits per heavy atom. The molecule has 0 aliphatic carbocycles. The Balaban J connectivity index is 1.87. The van der Waals surface area contributed by atoms with Gasteiger partial charge in [-0.2, -0.15) is 0 Å². The highest BCUT2D eigenvalue weighted by molar-refractivity contribution is 6.33. The average Bonchev–Trinajstić information content (AvgIpc) is 2.55. The third kappa shape index (κ3) is 3.55. The van der Waals surface area contributed by atoms with Crippen molar-refractivity contribution < 1.29 is 9.18 Å². The molecule has 0 aliphatic heterocycles. The molecule has 0 saturated carbocycles. The monoisotopic (exact) mass is 360 g/mol. The number of anilines is 1. The normalized spacial score (nSPS) is 10.5. The molecule has 1 aromatic heterocycles. The van der Waals surface area contributed by atoms with Gasteiger partial charge in [-0.05, 0) is 42.5 Å². The molecule has 0 bridgehead atoms. The maximum Gasteiger partial charge on any atom is 0.258 e. The maximum atomic E-state index is 14.3. The molecular formula is C18H11Cl2FN2O. The topological polar surface area (TPSA) is 42.0 Å². The summed E-state index contributed by atoms with van der Waals surface area (Å²) in [6.07, 6.45) is 1.57. The van der Waals surface area contributed by atoms with Crippen LogP contribution in [0.1, 0.15) is 10.4 Å². The molecule has 3 aromatic rings. The number of aromatic nitrogens is 1. The van der Waals surface area contributed by atoms with E-state index in [0.717, 1.165) is 0 Å². The molecule has 3 nitrogen and oxygen atoms in total. The quantitative estimate of drug-likeness (QED) is 0.674. The van der Waals surface area contributed by atoms with E-state index >= 15 is 0 Å². The van der Waals surface area contributed by atoms with Crippen molar-refractivity contribution in [3.63, 3.8) is 0 Å². The van der Waals surface area contributed by atoms with Crippen molar-refractivity contribution in [3.8, 4) is 11.3 Å². The second kappa shape index (κ2) is 6.99. The predicted octanol–water partition coefficient (Wildman–Crippen LogP) is 5.45. The fraction of sp³-hybridized carbons (Fsp3) is 0. The summed E-state index contributed by atoms with van der Waals surface area (Å²) in [6, 6.07) is 14.2. The van der Waals surface area contributed by atoms with Crippen LogP contribution in [0, 0.1) is 5.82 Å². The van der Waals surface area contributed by atoms with Crippen LogP contribution in [0.5, 0.6) is 0 Å². The number of halogens is 3. The first-order chi connectivity index (χ1) is 11.5. The van der Waals surface area contributed by atoms with Crippen molar-refractivity contribution in [2.24, 2.45) is 0 Å². The van der Waals surface area contributed by atoms with Gasteiger partial charge in [-0.1, -0.05) is 35.3 Å². The van der Waals surface area contributed by atoms with E-state index < -0.39 is 11.7 Å². The Labute approximate surface area is 148 Å². The number of hydrogen-bond donors (Lipinski definition) is 1. The third-order valence-electron chi connectivity index (χ3n) is 3.33. The number of rotatable bonds is 3. The molecule has 0 fully saturated rings. The highest BCUT2D eigenvalue weighted by atomic mass is 35.5. The van der Waals surface area contributed by atoms with Crippen LogP contribution < -0.4 is 5.32 Å². The van der Waals surface area contributed by atoms with Gasteiger partial charge in [0.05, 0.1) is 16.3 Å². The van der Waals surface area contributed by atoms with E-state index in [2.05, 4.69) is 10.3 Å². The summed E-state index contributed by atoms with van der Waals surface area (Å²) in [5, 5.41) is 3.50. The Bertz CT molecular complexity index is 915. The van der Waals surface area contributed by atoms with Gasteiger partial charge in [0.2, 0.25) is 0 Å². The van der Waals surface area contributed by atoms with E-state index in [-0.39, 0.29) is 5.56 Å². The van der Waals surface area contributed by atoms with Crippen molar-refractivity contribution in [2.75, 3.05) is 5.32 Å². The lowest BCUT2D eigenvalue weighted by molar-refractivity contribution is 0.102. The molecule has 3 rings (SSSR count). The minimum absolute atomic E-state index is 0.0780. The molecule has 1 amide bonds. The molecule has 0 aliphatic rings. The van der Waals surface area contributed by atoms with Crippen molar-refractivity contribution in [1.82, 2.24) is 4.98 Å². The van der Waals surface area contributed by atoms with Gasteiger partial charge in [-0.3, -0.25) is 9.78 Å². The lowest BCUT2D eigenvalue weighted by Gasteiger charge is -2.08. The SMILES string of the molecule is O=C(Nc1cccc(Cl)c1)c1ccc(-c2ncccc2Cl)cc1F.